The molecule has 0 unspecified atom stereocenters. The smallest absolute Gasteiger partial charge is 0.213 e. The summed E-state index contributed by atoms with van der Waals surface area (Å²) >= 11 is 0. The van der Waals surface area contributed by atoms with Crippen LogP contribution in [0.1, 0.15) is 16.8 Å². The van der Waals surface area contributed by atoms with E-state index in [1.165, 1.54) is 12.1 Å². The zero-order chi connectivity index (χ0) is 19.3. The SMILES string of the molecule is Fc1cc(F)cc(COc2ccc(Cc3cc(-c4cccnc4)on3)cn2)c1. The van der Waals surface area contributed by atoms with Crippen LogP contribution in [-0.2, 0) is 13.0 Å². The molecule has 3 heterocycles. The highest BCUT2D eigenvalue weighted by Crippen LogP contribution is 2.21. The van der Waals surface area contributed by atoms with E-state index >= 15 is 0 Å². The summed E-state index contributed by atoms with van der Waals surface area (Å²) in [7, 11) is 0. The molecule has 0 bridgehead atoms. The minimum Gasteiger partial charge on any atom is -0.473 e. The number of benzene rings is 1. The predicted molar refractivity (Wildman–Crippen MR) is 97.5 cm³/mol. The van der Waals surface area contributed by atoms with Crippen LogP contribution in [0.3, 0.4) is 0 Å². The Bertz CT molecular complexity index is 1050. The summed E-state index contributed by atoms with van der Waals surface area (Å²) in [5.74, 6) is -0.261. The fourth-order valence-electron chi connectivity index (χ4n) is 2.70. The highest BCUT2D eigenvalue weighted by Gasteiger charge is 2.08. The van der Waals surface area contributed by atoms with E-state index in [-0.39, 0.29) is 6.61 Å². The molecule has 4 rings (SSSR count). The van der Waals surface area contributed by atoms with Gasteiger partial charge >= 0.3 is 0 Å². The van der Waals surface area contributed by atoms with E-state index in [9.17, 15) is 8.78 Å². The Labute approximate surface area is 159 Å². The van der Waals surface area contributed by atoms with Crippen molar-refractivity contribution in [1.29, 1.82) is 0 Å². The molecule has 0 aliphatic rings. The molecule has 3 aromatic heterocycles. The van der Waals surface area contributed by atoms with Gasteiger partial charge in [0.2, 0.25) is 5.88 Å². The fourth-order valence-corrected chi connectivity index (χ4v) is 2.70. The van der Waals surface area contributed by atoms with E-state index in [4.69, 9.17) is 9.26 Å². The molecule has 0 aliphatic carbocycles. The third kappa shape index (κ3) is 4.37. The summed E-state index contributed by atoms with van der Waals surface area (Å²) in [4.78, 5) is 8.28. The molecule has 140 valence electrons. The predicted octanol–water partition coefficient (Wildman–Crippen LogP) is 4.58. The third-order valence-corrected chi connectivity index (χ3v) is 4.00. The van der Waals surface area contributed by atoms with Crippen LogP contribution in [-0.4, -0.2) is 15.1 Å². The zero-order valence-electron chi connectivity index (χ0n) is 14.7. The number of halogens is 2. The minimum absolute atomic E-state index is 0.0266. The van der Waals surface area contributed by atoms with Crippen molar-refractivity contribution in [3.63, 3.8) is 0 Å². The number of pyridine rings is 2. The van der Waals surface area contributed by atoms with Gasteiger partial charge < -0.3 is 9.26 Å². The van der Waals surface area contributed by atoms with Crippen molar-refractivity contribution in [3.05, 3.63) is 95.6 Å². The molecule has 0 radical (unpaired) electrons. The van der Waals surface area contributed by atoms with Gasteiger partial charge in [0.15, 0.2) is 5.76 Å². The van der Waals surface area contributed by atoms with Crippen LogP contribution in [0.4, 0.5) is 8.78 Å². The Balaban J connectivity index is 1.38. The zero-order valence-corrected chi connectivity index (χ0v) is 14.7. The molecule has 1 aromatic carbocycles. The molecule has 4 aromatic rings. The van der Waals surface area contributed by atoms with Crippen LogP contribution >= 0.6 is 0 Å². The maximum atomic E-state index is 13.2. The van der Waals surface area contributed by atoms with Crippen molar-refractivity contribution >= 4 is 0 Å². The Morgan fingerprint density at radius 3 is 2.50 bits per heavy atom. The lowest BCUT2D eigenvalue weighted by Crippen LogP contribution is -1.99. The summed E-state index contributed by atoms with van der Waals surface area (Å²) in [6, 6.07) is 12.4. The first-order valence-electron chi connectivity index (χ1n) is 8.54. The van der Waals surface area contributed by atoms with E-state index in [1.54, 1.807) is 24.7 Å². The fraction of sp³-hybridized carbons (Fsp3) is 0.0952. The summed E-state index contributed by atoms with van der Waals surface area (Å²) in [5, 5.41) is 4.07. The van der Waals surface area contributed by atoms with Crippen molar-refractivity contribution in [1.82, 2.24) is 15.1 Å². The number of aromatic nitrogens is 3. The maximum Gasteiger partial charge on any atom is 0.213 e. The van der Waals surface area contributed by atoms with Gasteiger partial charge in [-0.25, -0.2) is 13.8 Å². The Morgan fingerprint density at radius 2 is 1.79 bits per heavy atom. The van der Waals surface area contributed by atoms with Crippen LogP contribution < -0.4 is 4.74 Å². The molecule has 28 heavy (non-hydrogen) atoms. The molecule has 0 saturated carbocycles. The van der Waals surface area contributed by atoms with E-state index in [2.05, 4.69) is 15.1 Å². The number of rotatable bonds is 6. The van der Waals surface area contributed by atoms with Crippen molar-refractivity contribution in [3.8, 4) is 17.2 Å². The molecule has 0 N–H and O–H groups in total. The summed E-state index contributed by atoms with van der Waals surface area (Å²) in [5.41, 5.74) is 2.95. The monoisotopic (exact) mass is 379 g/mol. The maximum absolute atomic E-state index is 13.2. The van der Waals surface area contributed by atoms with Crippen molar-refractivity contribution in [2.45, 2.75) is 13.0 Å². The lowest BCUT2D eigenvalue weighted by molar-refractivity contribution is 0.292. The molecule has 0 aliphatic heterocycles. The van der Waals surface area contributed by atoms with Gasteiger partial charge in [-0.15, -0.1) is 0 Å². The second-order valence-electron chi connectivity index (χ2n) is 6.17. The number of hydrogen-bond donors (Lipinski definition) is 0. The summed E-state index contributed by atoms with van der Waals surface area (Å²) in [6.07, 6.45) is 5.62. The van der Waals surface area contributed by atoms with Crippen molar-refractivity contribution in [2.24, 2.45) is 0 Å². The average Bonchev–Trinajstić information content (AvgIpc) is 3.16. The van der Waals surface area contributed by atoms with E-state index in [1.807, 2.05) is 24.3 Å². The van der Waals surface area contributed by atoms with Gasteiger partial charge in [-0.05, 0) is 35.4 Å². The van der Waals surface area contributed by atoms with Crippen LogP contribution in [0, 0.1) is 11.6 Å². The molecule has 7 heteroatoms. The van der Waals surface area contributed by atoms with Crippen molar-refractivity contribution in [2.75, 3.05) is 0 Å². The Kier molecular flexibility index (Phi) is 5.05. The number of nitrogens with zero attached hydrogens (tertiary/aromatic N) is 3. The number of hydrogen-bond acceptors (Lipinski definition) is 5. The topological polar surface area (TPSA) is 61.0 Å². The van der Waals surface area contributed by atoms with E-state index < -0.39 is 11.6 Å². The Hall–Kier alpha value is -3.61. The first-order valence-corrected chi connectivity index (χ1v) is 8.54. The minimum atomic E-state index is -0.639. The average molecular weight is 379 g/mol. The number of ether oxygens (including phenoxy) is 1. The van der Waals surface area contributed by atoms with Crippen LogP contribution in [0.5, 0.6) is 5.88 Å². The van der Waals surface area contributed by atoms with Gasteiger partial charge in [-0.2, -0.15) is 0 Å². The summed E-state index contributed by atoms with van der Waals surface area (Å²) < 4.78 is 37.2. The van der Waals surface area contributed by atoms with Gasteiger partial charge in [0, 0.05) is 48.8 Å². The molecule has 0 spiro atoms. The quantitative estimate of drug-likeness (QED) is 0.491. The second-order valence-corrected chi connectivity index (χ2v) is 6.17. The highest BCUT2D eigenvalue weighted by molar-refractivity contribution is 5.55. The first kappa shape index (κ1) is 17.8. The van der Waals surface area contributed by atoms with Gasteiger partial charge in [0.1, 0.15) is 18.2 Å². The molecule has 5 nitrogen and oxygen atoms in total. The summed E-state index contributed by atoms with van der Waals surface area (Å²) in [6.45, 7) is 0.0266. The van der Waals surface area contributed by atoms with Gasteiger partial charge in [0.05, 0.1) is 5.69 Å². The highest BCUT2D eigenvalue weighted by atomic mass is 19.1. The standard InChI is InChI=1S/C21H15F2N3O2/c22-17-6-15(7-18(23)9-17)13-27-21-4-3-14(11-25-21)8-19-10-20(28-26-19)16-2-1-5-24-12-16/h1-7,9-12H,8,13H2. The molecule has 0 amide bonds. The van der Waals surface area contributed by atoms with Gasteiger partial charge in [0.25, 0.3) is 0 Å². The van der Waals surface area contributed by atoms with Gasteiger partial charge in [-0.1, -0.05) is 11.2 Å². The van der Waals surface area contributed by atoms with Crippen molar-refractivity contribution < 1.29 is 18.0 Å². The van der Waals surface area contributed by atoms with Gasteiger partial charge in [-0.3, -0.25) is 4.98 Å². The van der Waals surface area contributed by atoms with Crippen LogP contribution in [0.25, 0.3) is 11.3 Å². The second kappa shape index (κ2) is 7.96. The lowest BCUT2D eigenvalue weighted by Gasteiger charge is -2.06. The van der Waals surface area contributed by atoms with E-state index in [0.29, 0.717) is 23.6 Å². The molecule has 0 atom stereocenters. The van der Waals surface area contributed by atoms with Crippen LogP contribution in [0.2, 0.25) is 0 Å². The molecular formula is C21H15F2N3O2. The molecule has 0 fully saturated rings. The van der Waals surface area contributed by atoms with E-state index in [0.717, 1.165) is 22.9 Å². The first-order chi connectivity index (χ1) is 13.7. The Morgan fingerprint density at radius 1 is 0.929 bits per heavy atom. The third-order valence-electron chi connectivity index (χ3n) is 4.00. The molecule has 0 saturated heterocycles. The lowest BCUT2D eigenvalue weighted by atomic mass is 10.1. The normalized spacial score (nSPS) is 10.8. The molecular weight excluding hydrogens is 364 g/mol. The van der Waals surface area contributed by atoms with Crippen LogP contribution in [0.15, 0.2) is 71.6 Å². The largest absolute Gasteiger partial charge is 0.473 e.